The molecular formula is C13H19Li. The molecule has 0 saturated carbocycles. The molecule has 1 atom stereocenters. The monoisotopic (exact) mass is 182 g/mol. The second kappa shape index (κ2) is 7.15. The summed E-state index contributed by atoms with van der Waals surface area (Å²) in [5, 5.41) is 0. The summed E-state index contributed by atoms with van der Waals surface area (Å²) in [7, 11) is 0. The Morgan fingerprint density at radius 3 is 2.50 bits per heavy atom. The van der Waals surface area contributed by atoms with E-state index >= 15 is 0 Å². The molecule has 0 amide bonds. The Labute approximate surface area is 97.3 Å². The van der Waals surface area contributed by atoms with E-state index in [0.717, 1.165) is 4.59 Å². The van der Waals surface area contributed by atoms with Crippen molar-refractivity contribution in [2.75, 3.05) is 0 Å². The van der Waals surface area contributed by atoms with Crippen LogP contribution in [0.5, 0.6) is 0 Å². The third-order valence-electron chi connectivity index (χ3n) is 2.73. The van der Waals surface area contributed by atoms with E-state index in [2.05, 4.69) is 55.0 Å². The number of benzene rings is 1. The number of unbranched alkanes of at least 4 members (excludes halogenated alkanes) is 2. The van der Waals surface area contributed by atoms with Crippen molar-refractivity contribution in [2.45, 2.75) is 43.6 Å². The molecule has 0 N–H and O–H groups in total. The fraction of sp³-hybridized carbons (Fsp3) is 0.538. The van der Waals surface area contributed by atoms with Gasteiger partial charge in [0.2, 0.25) is 0 Å². The topological polar surface area (TPSA) is 0 Å². The molecule has 0 aliphatic rings. The summed E-state index contributed by atoms with van der Waals surface area (Å²) in [6.07, 6.45) is 6.73. The molecule has 0 aliphatic heterocycles. The molecule has 1 heteroatoms. The van der Waals surface area contributed by atoms with Crippen molar-refractivity contribution in [1.29, 1.82) is 0 Å². The van der Waals surface area contributed by atoms with Crippen LogP contribution in [0, 0.1) is 0 Å². The van der Waals surface area contributed by atoms with Crippen molar-refractivity contribution in [3.63, 3.8) is 0 Å². The zero-order valence-electron chi connectivity index (χ0n) is 9.50. The van der Waals surface area contributed by atoms with Gasteiger partial charge in [-0.15, -0.1) is 0 Å². The predicted octanol–water partition coefficient (Wildman–Crippen LogP) is 3.77. The van der Waals surface area contributed by atoms with Gasteiger partial charge in [0.15, 0.2) is 0 Å². The average molecular weight is 182 g/mol. The zero-order valence-corrected chi connectivity index (χ0v) is 9.50. The molecule has 0 heterocycles. The summed E-state index contributed by atoms with van der Waals surface area (Å²) in [6, 6.07) is 10.8. The normalized spacial score (nSPS) is 12.8. The first-order valence-electron chi connectivity index (χ1n) is 5.87. The van der Waals surface area contributed by atoms with E-state index < -0.39 is 0 Å². The predicted molar refractivity (Wildman–Crippen MR) is 63.8 cm³/mol. The van der Waals surface area contributed by atoms with Crippen LogP contribution in [0.1, 0.15) is 38.2 Å². The number of rotatable bonds is 6. The van der Waals surface area contributed by atoms with Crippen LogP contribution < -0.4 is 0 Å². The zero-order chi connectivity index (χ0) is 10.2. The molecule has 1 unspecified atom stereocenters. The van der Waals surface area contributed by atoms with E-state index in [-0.39, 0.29) is 0 Å². The van der Waals surface area contributed by atoms with Crippen LogP contribution in [0.15, 0.2) is 30.3 Å². The molecule has 0 aliphatic carbocycles. The van der Waals surface area contributed by atoms with Crippen LogP contribution in [0.3, 0.4) is 0 Å². The van der Waals surface area contributed by atoms with Crippen LogP contribution in [-0.2, 0) is 6.42 Å². The molecule has 1 rings (SSSR count). The Morgan fingerprint density at radius 1 is 1.14 bits per heavy atom. The van der Waals surface area contributed by atoms with Gasteiger partial charge in [0, 0.05) is 0 Å². The Kier molecular flexibility index (Phi) is 6.08. The van der Waals surface area contributed by atoms with Crippen molar-refractivity contribution in [3.05, 3.63) is 35.9 Å². The molecule has 0 fully saturated rings. The van der Waals surface area contributed by atoms with Gasteiger partial charge in [0.05, 0.1) is 0 Å². The standard InChI is InChI=1S/C13H19.Li/c1-2-3-4-5-7-10-13-11-8-6-9-12-13;/h6-9,11-12H,2-5,10H2,1H3;. The van der Waals surface area contributed by atoms with Crippen molar-refractivity contribution >= 4 is 17.7 Å². The summed E-state index contributed by atoms with van der Waals surface area (Å²) < 4.78 is 0.837. The van der Waals surface area contributed by atoms with E-state index in [0.29, 0.717) is 0 Å². The SMILES string of the molecule is [Li][CH](CCCCC)Cc1ccccc1. The van der Waals surface area contributed by atoms with Gasteiger partial charge in [0.1, 0.15) is 0 Å². The van der Waals surface area contributed by atoms with E-state index in [4.69, 9.17) is 0 Å². The second-order valence-corrected chi connectivity index (χ2v) is 4.29. The molecule has 0 spiro atoms. The fourth-order valence-electron chi connectivity index (χ4n) is 1.86. The summed E-state index contributed by atoms with van der Waals surface area (Å²) in [5.74, 6) is 0. The quantitative estimate of drug-likeness (QED) is 0.464. The molecule has 0 saturated heterocycles. The van der Waals surface area contributed by atoms with Gasteiger partial charge < -0.3 is 0 Å². The molecule has 0 bridgehead atoms. The molecular weight excluding hydrogens is 163 g/mol. The first-order valence-corrected chi connectivity index (χ1v) is 5.87. The Bertz CT molecular complexity index is 230. The van der Waals surface area contributed by atoms with Gasteiger partial charge >= 0.3 is 97.2 Å². The molecule has 14 heavy (non-hydrogen) atoms. The van der Waals surface area contributed by atoms with Crippen molar-refractivity contribution in [2.24, 2.45) is 0 Å². The van der Waals surface area contributed by atoms with Gasteiger partial charge in [0.25, 0.3) is 0 Å². The van der Waals surface area contributed by atoms with Gasteiger partial charge in [-0.25, -0.2) is 0 Å². The Hall–Kier alpha value is -0.183. The first-order chi connectivity index (χ1) is 6.83. The third kappa shape index (κ3) is 4.89. The van der Waals surface area contributed by atoms with E-state index in [1.165, 1.54) is 37.7 Å². The van der Waals surface area contributed by atoms with Crippen LogP contribution >= 0.6 is 0 Å². The molecule has 1 aromatic rings. The van der Waals surface area contributed by atoms with Crippen LogP contribution in [-0.4, -0.2) is 17.7 Å². The molecule has 0 radical (unpaired) electrons. The van der Waals surface area contributed by atoms with E-state index in [1.807, 2.05) is 0 Å². The van der Waals surface area contributed by atoms with Crippen LogP contribution in [0.25, 0.3) is 0 Å². The molecule has 0 aromatic heterocycles. The van der Waals surface area contributed by atoms with Crippen molar-refractivity contribution in [3.8, 4) is 0 Å². The number of hydrogen-bond acceptors (Lipinski definition) is 0. The maximum atomic E-state index is 2.36. The second-order valence-electron chi connectivity index (χ2n) is 4.29. The minimum absolute atomic E-state index is 0.837. The Morgan fingerprint density at radius 2 is 1.86 bits per heavy atom. The van der Waals surface area contributed by atoms with Gasteiger partial charge in [-0.05, 0) is 0 Å². The van der Waals surface area contributed by atoms with Crippen LogP contribution in [0.2, 0.25) is 4.59 Å². The summed E-state index contributed by atoms with van der Waals surface area (Å²) in [4.78, 5) is 0. The molecule has 1 aromatic carbocycles. The fourth-order valence-corrected chi connectivity index (χ4v) is 1.86. The van der Waals surface area contributed by atoms with Gasteiger partial charge in [-0.2, -0.15) is 0 Å². The maximum absolute atomic E-state index is 2.36. The van der Waals surface area contributed by atoms with Crippen LogP contribution in [0.4, 0.5) is 0 Å². The molecule has 72 valence electrons. The minimum atomic E-state index is 0.837. The molecule has 0 nitrogen and oxygen atoms in total. The average Bonchev–Trinajstić information content (AvgIpc) is 2.20. The summed E-state index contributed by atoms with van der Waals surface area (Å²) >= 11 is 2.36. The van der Waals surface area contributed by atoms with E-state index in [1.54, 1.807) is 0 Å². The van der Waals surface area contributed by atoms with Crippen molar-refractivity contribution in [1.82, 2.24) is 0 Å². The number of hydrogen-bond donors (Lipinski definition) is 0. The first kappa shape index (κ1) is 11.9. The Balaban J connectivity index is 2.23. The third-order valence-corrected chi connectivity index (χ3v) is 2.73. The van der Waals surface area contributed by atoms with Gasteiger partial charge in [-0.3, -0.25) is 0 Å². The van der Waals surface area contributed by atoms with Gasteiger partial charge in [-0.1, -0.05) is 0 Å². The van der Waals surface area contributed by atoms with Crippen molar-refractivity contribution < 1.29 is 0 Å². The summed E-state index contributed by atoms with van der Waals surface area (Å²) in [5.41, 5.74) is 1.48. The van der Waals surface area contributed by atoms with E-state index in [9.17, 15) is 0 Å². The summed E-state index contributed by atoms with van der Waals surface area (Å²) in [6.45, 7) is 2.27.